The van der Waals surface area contributed by atoms with Crippen molar-refractivity contribution in [2.75, 3.05) is 33.2 Å². The van der Waals surface area contributed by atoms with Gasteiger partial charge in [0.05, 0.1) is 0 Å². The monoisotopic (exact) mass is 454 g/mol. The molecule has 1 fully saturated rings. The number of amidine groups is 1. The number of carbonyl (C=O) groups excluding carboxylic acids is 1. The van der Waals surface area contributed by atoms with E-state index in [4.69, 9.17) is 0 Å². The van der Waals surface area contributed by atoms with Gasteiger partial charge in [-0.25, -0.2) is 0 Å². The standard InChI is InChI=1S/C24H30N4O3S/c1-27(18-19-8-3-2-4-9-19)15-7-14-25-24(29)20-12-16-28(17-13-20)23-21-10-5-6-11-22(21)32(30,31)26-23/h2-6,8-11,20H,7,12-18H2,1H3,(H,25,29). The van der Waals surface area contributed by atoms with E-state index in [-0.39, 0.29) is 16.7 Å². The van der Waals surface area contributed by atoms with Gasteiger partial charge in [-0.05, 0) is 50.6 Å². The summed E-state index contributed by atoms with van der Waals surface area (Å²) >= 11 is 0. The highest BCUT2D eigenvalue weighted by Crippen LogP contribution is 2.29. The fraction of sp³-hybridized carbons (Fsp3) is 0.417. The summed E-state index contributed by atoms with van der Waals surface area (Å²) in [4.78, 5) is 17.1. The lowest BCUT2D eigenvalue weighted by atomic mass is 9.95. The number of sulfonamides is 1. The summed E-state index contributed by atoms with van der Waals surface area (Å²) in [5, 5.41) is 3.07. The summed E-state index contributed by atoms with van der Waals surface area (Å²) in [5.74, 6) is 0.569. The average Bonchev–Trinajstić information content (AvgIpc) is 3.08. The van der Waals surface area contributed by atoms with Crippen molar-refractivity contribution in [2.24, 2.45) is 10.3 Å². The van der Waals surface area contributed by atoms with Gasteiger partial charge in [-0.1, -0.05) is 42.5 Å². The first-order valence-corrected chi connectivity index (χ1v) is 12.6. The third-order valence-corrected chi connectivity index (χ3v) is 7.41. The molecule has 2 aromatic rings. The maximum absolute atomic E-state index is 12.6. The second-order valence-corrected chi connectivity index (χ2v) is 10.1. The maximum atomic E-state index is 12.6. The zero-order valence-corrected chi connectivity index (χ0v) is 19.2. The second-order valence-electron chi connectivity index (χ2n) is 8.52. The average molecular weight is 455 g/mol. The van der Waals surface area contributed by atoms with Crippen molar-refractivity contribution in [1.29, 1.82) is 0 Å². The van der Waals surface area contributed by atoms with E-state index in [2.05, 4.69) is 33.8 Å². The van der Waals surface area contributed by atoms with Crippen LogP contribution in [0.1, 0.15) is 30.4 Å². The summed E-state index contributed by atoms with van der Waals surface area (Å²) in [7, 11) is -1.52. The third-order valence-electron chi connectivity index (χ3n) is 6.09. The van der Waals surface area contributed by atoms with Crippen LogP contribution in [0.2, 0.25) is 0 Å². The van der Waals surface area contributed by atoms with E-state index < -0.39 is 10.0 Å². The predicted molar refractivity (Wildman–Crippen MR) is 125 cm³/mol. The van der Waals surface area contributed by atoms with Crippen molar-refractivity contribution in [3.63, 3.8) is 0 Å². The van der Waals surface area contributed by atoms with E-state index in [9.17, 15) is 13.2 Å². The fourth-order valence-electron chi connectivity index (χ4n) is 4.35. The first kappa shape index (κ1) is 22.5. The Hall–Kier alpha value is -2.71. The Kier molecular flexibility index (Phi) is 6.91. The Morgan fingerprint density at radius 3 is 2.53 bits per heavy atom. The van der Waals surface area contributed by atoms with Crippen molar-refractivity contribution in [3.8, 4) is 0 Å². The minimum Gasteiger partial charge on any atom is -0.356 e. The van der Waals surface area contributed by atoms with Gasteiger partial charge in [0.2, 0.25) is 5.91 Å². The van der Waals surface area contributed by atoms with E-state index in [1.807, 2.05) is 29.2 Å². The number of hydrogen-bond acceptors (Lipinski definition) is 5. The van der Waals surface area contributed by atoms with Crippen molar-refractivity contribution in [1.82, 2.24) is 15.1 Å². The molecule has 170 valence electrons. The van der Waals surface area contributed by atoms with Crippen LogP contribution in [0.4, 0.5) is 0 Å². The first-order chi connectivity index (χ1) is 15.4. The number of hydrogen-bond donors (Lipinski definition) is 1. The summed E-state index contributed by atoms with van der Waals surface area (Å²) in [6, 6.07) is 17.3. The van der Waals surface area contributed by atoms with Gasteiger partial charge in [-0.15, -0.1) is 4.40 Å². The lowest BCUT2D eigenvalue weighted by Gasteiger charge is -2.32. The maximum Gasteiger partial charge on any atom is 0.285 e. The Balaban J connectivity index is 1.20. The molecule has 0 unspecified atom stereocenters. The molecular weight excluding hydrogens is 424 g/mol. The van der Waals surface area contributed by atoms with E-state index in [1.165, 1.54) is 5.56 Å². The van der Waals surface area contributed by atoms with Gasteiger partial charge in [0, 0.05) is 37.7 Å². The van der Waals surface area contributed by atoms with Crippen LogP contribution in [0.25, 0.3) is 0 Å². The van der Waals surface area contributed by atoms with Crippen molar-refractivity contribution in [3.05, 3.63) is 65.7 Å². The molecule has 0 aromatic heterocycles. The highest BCUT2D eigenvalue weighted by atomic mass is 32.2. The Bertz CT molecular complexity index is 1080. The van der Waals surface area contributed by atoms with Gasteiger partial charge in [0.15, 0.2) is 5.84 Å². The predicted octanol–water partition coefficient (Wildman–Crippen LogP) is 2.49. The molecule has 0 spiro atoms. The van der Waals surface area contributed by atoms with E-state index in [0.29, 0.717) is 43.9 Å². The highest BCUT2D eigenvalue weighted by molar-refractivity contribution is 7.90. The van der Waals surface area contributed by atoms with Crippen LogP contribution >= 0.6 is 0 Å². The highest BCUT2D eigenvalue weighted by Gasteiger charge is 2.34. The Morgan fingerprint density at radius 2 is 1.78 bits per heavy atom. The Morgan fingerprint density at radius 1 is 1.09 bits per heavy atom. The molecule has 2 aliphatic rings. The first-order valence-electron chi connectivity index (χ1n) is 11.1. The number of piperidine rings is 1. The van der Waals surface area contributed by atoms with Crippen LogP contribution in [-0.2, 0) is 21.4 Å². The van der Waals surface area contributed by atoms with Gasteiger partial charge < -0.3 is 15.1 Å². The van der Waals surface area contributed by atoms with Gasteiger partial charge in [-0.3, -0.25) is 4.79 Å². The lowest BCUT2D eigenvalue weighted by Crippen LogP contribution is -2.43. The van der Waals surface area contributed by atoms with Gasteiger partial charge >= 0.3 is 0 Å². The van der Waals surface area contributed by atoms with Crippen LogP contribution < -0.4 is 5.32 Å². The molecule has 2 aliphatic heterocycles. The molecular formula is C24H30N4O3S. The van der Waals surface area contributed by atoms with Crippen molar-refractivity contribution >= 4 is 21.8 Å². The number of carbonyl (C=O) groups is 1. The number of nitrogens with one attached hydrogen (secondary N) is 1. The molecule has 0 radical (unpaired) electrons. The molecule has 32 heavy (non-hydrogen) atoms. The van der Waals surface area contributed by atoms with Crippen molar-refractivity contribution < 1.29 is 13.2 Å². The summed E-state index contributed by atoms with van der Waals surface area (Å²) < 4.78 is 28.6. The number of likely N-dealkylation sites (tertiary alicyclic amines) is 1. The second kappa shape index (κ2) is 9.83. The minimum atomic E-state index is -3.61. The molecule has 1 amide bonds. The number of fused-ring (bicyclic) bond motifs is 1. The third kappa shape index (κ3) is 5.19. The molecule has 4 rings (SSSR count). The number of amides is 1. The van der Waals surface area contributed by atoms with Crippen LogP contribution in [0, 0.1) is 5.92 Å². The van der Waals surface area contributed by atoms with E-state index >= 15 is 0 Å². The van der Waals surface area contributed by atoms with E-state index in [1.54, 1.807) is 18.2 Å². The quantitative estimate of drug-likeness (QED) is 0.650. The molecule has 1 N–H and O–H groups in total. The largest absolute Gasteiger partial charge is 0.356 e. The molecule has 8 heteroatoms. The SMILES string of the molecule is CN(CCCNC(=O)C1CCN(C2=NS(=O)(=O)c3ccccc32)CC1)Cc1ccccc1. The molecule has 0 atom stereocenters. The van der Waals surface area contributed by atoms with Crippen LogP contribution in [0.5, 0.6) is 0 Å². The number of benzene rings is 2. The fourth-order valence-corrected chi connectivity index (χ4v) is 5.58. The topological polar surface area (TPSA) is 82.1 Å². The lowest BCUT2D eigenvalue weighted by molar-refractivity contribution is -0.126. The zero-order chi connectivity index (χ0) is 22.6. The Labute approximate surface area is 190 Å². The normalized spacial score (nSPS) is 17.8. The molecule has 0 aliphatic carbocycles. The smallest absolute Gasteiger partial charge is 0.285 e. The summed E-state index contributed by atoms with van der Waals surface area (Å²) in [6.45, 7) is 3.73. The van der Waals surface area contributed by atoms with Crippen LogP contribution in [0.15, 0.2) is 63.9 Å². The summed E-state index contributed by atoms with van der Waals surface area (Å²) in [5.41, 5.74) is 1.95. The summed E-state index contributed by atoms with van der Waals surface area (Å²) in [6.07, 6.45) is 2.29. The zero-order valence-electron chi connectivity index (χ0n) is 18.4. The van der Waals surface area contributed by atoms with Gasteiger partial charge in [-0.2, -0.15) is 8.42 Å². The number of rotatable bonds is 7. The molecule has 1 saturated heterocycles. The van der Waals surface area contributed by atoms with Gasteiger partial charge in [0.1, 0.15) is 4.90 Å². The molecule has 2 heterocycles. The van der Waals surface area contributed by atoms with Crippen LogP contribution in [-0.4, -0.2) is 63.2 Å². The minimum absolute atomic E-state index is 0.0397. The molecule has 0 bridgehead atoms. The molecule has 7 nitrogen and oxygen atoms in total. The van der Waals surface area contributed by atoms with E-state index in [0.717, 1.165) is 19.5 Å². The van der Waals surface area contributed by atoms with Crippen LogP contribution in [0.3, 0.4) is 0 Å². The van der Waals surface area contributed by atoms with Crippen molar-refractivity contribution in [2.45, 2.75) is 30.7 Å². The molecule has 0 saturated carbocycles. The molecule has 2 aromatic carbocycles. The van der Waals surface area contributed by atoms with Gasteiger partial charge in [0.25, 0.3) is 10.0 Å². The number of nitrogens with zero attached hydrogens (tertiary/aromatic N) is 3.